The first-order valence-electron chi connectivity index (χ1n) is 24.5. The van der Waals surface area contributed by atoms with E-state index in [0.717, 1.165) is 56.1 Å². The highest BCUT2D eigenvalue weighted by Gasteiger charge is 2.56. The van der Waals surface area contributed by atoms with Crippen LogP contribution < -0.4 is 9.80 Å². The maximum absolute atomic E-state index is 6.61. The Bertz CT molecular complexity index is 3810. The van der Waals surface area contributed by atoms with Crippen LogP contribution in [0.2, 0.25) is 0 Å². The molecule has 3 heteroatoms. The van der Waals surface area contributed by atoms with Crippen molar-refractivity contribution >= 4 is 56.1 Å². The largest absolute Gasteiger partial charge is 0.456 e. The molecule has 0 amide bonds. The highest BCUT2D eigenvalue weighted by molar-refractivity contribution is 6.06. The summed E-state index contributed by atoms with van der Waals surface area (Å²) < 4.78 is 6.61. The lowest BCUT2D eigenvalue weighted by molar-refractivity contribution is 0.623. The Kier molecular flexibility index (Phi) is 9.33. The molecule has 2 aliphatic rings. The maximum Gasteiger partial charge on any atom is 0.137 e. The number of nitrogens with zero attached hydrogens (tertiary/aromatic N) is 2. The second kappa shape index (κ2) is 16.2. The predicted octanol–water partition coefficient (Wildman–Crippen LogP) is 17.6. The molecular formula is C68H46N2O. The van der Waals surface area contributed by atoms with Crippen molar-refractivity contribution in [2.75, 3.05) is 9.80 Å². The summed E-state index contributed by atoms with van der Waals surface area (Å²) in [6, 6.07) is 102. The molecule has 0 saturated carbocycles. The smallest absolute Gasteiger partial charge is 0.137 e. The van der Waals surface area contributed by atoms with Gasteiger partial charge in [0.15, 0.2) is 0 Å². The van der Waals surface area contributed by atoms with Crippen LogP contribution >= 0.6 is 0 Å². The molecule has 1 aromatic heterocycles. The lowest BCUT2D eigenvalue weighted by Crippen LogP contribution is -2.44. The monoisotopic (exact) mass is 906 g/mol. The summed E-state index contributed by atoms with van der Waals surface area (Å²) in [6.07, 6.45) is 0. The molecule has 0 aliphatic heterocycles. The highest BCUT2D eigenvalue weighted by Crippen LogP contribution is 2.65. The van der Waals surface area contributed by atoms with Gasteiger partial charge in [0, 0.05) is 51.0 Å². The zero-order valence-corrected chi connectivity index (χ0v) is 38.9. The lowest BCUT2D eigenvalue weighted by atomic mass is 9.51. The minimum atomic E-state index is -0.647. The Morgan fingerprint density at radius 3 is 1.20 bits per heavy atom. The van der Waals surface area contributed by atoms with Crippen molar-refractivity contribution in [2.24, 2.45) is 0 Å². The van der Waals surface area contributed by atoms with Gasteiger partial charge in [0.1, 0.15) is 11.2 Å². The molecule has 2 aliphatic carbocycles. The number of para-hydroxylation sites is 3. The summed E-state index contributed by atoms with van der Waals surface area (Å²) in [7, 11) is 0. The topological polar surface area (TPSA) is 19.6 Å². The number of fused-ring (bicyclic) bond motifs is 12. The summed E-state index contributed by atoms with van der Waals surface area (Å²) in [5.41, 5.74) is 19.5. The second-order valence-electron chi connectivity index (χ2n) is 18.7. The number of furan rings is 1. The van der Waals surface area contributed by atoms with Crippen LogP contribution in [0.3, 0.4) is 0 Å². The van der Waals surface area contributed by atoms with Gasteiger partial charge < -0.3 is 14.2 Å². The molecule has 0 saturated heterocycles. The van der Waals surface area contributed by atoms with Crippen LogP contribution in [0.5, 0.6) is 0 Å². The van der Waals surface area contributed by atoms with Crippen molar-refractivity contribution in [2.45, 2.75) is 10.8 Å². The van der Waals surface area contributed by atoms with E-state index >= 15 is 0 Å². The van der Waals surface area contributed by atoms with E-state index in [4.69, 9.17) is 4.42 Å². The van der Waals surface area contributed by atoms with E-state index in [2.05, 4.69) is 283 Å². The SMILES string of the molecule is c1ccc(N(c2ccccc2)c2ccc(N(c3ccc4c(c3)C3(c5ccccc5-4)c4ccccc4C(c4ccccc4)(c4ccccc4)c4ccccc43)c3ccc4c(c3)oc3ccccc34)cc2)cc1. The second-order valence-corrected chi connectivity index (χ2v) is 18.7. The number of benzene rings is 11. The van der Waals surface area contributed by atoms with Crippen molar-refractivity contribution in [3.05, 3.63) is 324 Å². The highest BCUT2D eigenvalue weighted by atomic mass is 16.3. The first-order valence-corrected chi connectivity index (χ1v) is 24.5. The van der Waals surface area contributed by atoms with Gasteiger partial charge in [-0.25, -0.2) is 0 Å². The number of hydrogen-bond acceptors (Lipinski definition) is 3. The van der Waals surface area contributed by atoms with Gasteiger partial charge in [0.2, 0.25) is 0 Å². The first kappa shape index (κ1) is 40.8. The van der Waals surface area contributed by atoms with Crippen LogP contribution in [0.25, 0.3) is 33.1 Å². The molecule has 0 atom stereocenters. The molecule has 14 rings (SSSR count). The molecule has 1 heterocycles. The van der Waals surface area contributed by atoms with E-state index in [9.17, 15) is 0 Å². The van der Waals surface area contributed by atoms with Crippen LogP contribution in [0.4, 0.5) is 34.1 Å². The summed E-state index contributed by atoms with van der Waals surface area (Å²) in [5, 5.41) is 2.21. The predicted molar refractivity (Wildman–Crippen MR) is 292 cm³/mol. The summed E-state index contributed by atoms with van der Waals surface area (Å²) >= 11 is 0. The van der Waals surface area contributed by atoms with Crippen LogP contribution in [-0.4, -0.2) is 0 Å². The fraction of sp³-hybridized carbons (Fsp3) is 0.0294. The van der Waals surface area contributed by atoms with Gasteiger partial charge in [-0.3, -0.25) is 0 Å². The summed E-state index contributed by atoms with van der Waals surface area (Å²) in [5.74, 6) is 0. The van der Waals surface area contributed by atoms with E-state index < -0.39 is 10.8 Å². The van der Waals surface area contributed by atoms with E-state index in [1.165, 1.54) is 55.6 Å². The fourth-order valence-electron chi connectivity index (χ4n) is 12.4. The van der Waals surface area contributed by atoms with Crippen molar-refractivity contribution in [3.63, 3.8) is 0 Å². The van der Waals surface area contributed by atoms with Crippen LogP contribution in [0.15, 0.2) is 283 Å². The normalized spacial score (nSPS) is 13.6. The van der Waals surface area contributed by atoms with Gasteiger partial charge in [0.05, 0.1) is 10.8 Å². The minimum absolute atomic E-state index is 0.584. The van der Waals surface area contributed by atoms with Gasteiger partial charge >= 0.3 is 0 Å². The Morgan fingerprint density at radius 2 is 0.620 bits per heavy atom. The lowest BCUT2D eigenvalue weighted by Gasteiger charge is -2.50. The molecule has 3 nitrogen and oxygen atoms in total. The number of hydrogen-bond donors (Lipinski definition) is 0. The van der Waals surface area contributed by atoms with Crippen molar-refractivity contribution < 1.29 is 4.42 Å². The standard InChI is InChI=1S/C68H46N2O/c1-5-21-47(22-6-1)67(48-23-7-2-8-24-48)60-32-16-18-34-62(60)68(63-35-19-17-33-61(63)67)59-31-15-13-29-55(59)56-43-41-53(45-64(56)68)70(54-42-44-58-57-30-14-20-36-65(57)71-66(58)46-54)52-39-37-51(38-40-52)69(49-25-9-3-10-26-49)50-27-11-4-12-28-50/h1-46H. The molecule has 0 fully saturated rings. The van der Waals surface area contributed by atoms with Crippen molar-refractivity contribution in [1.29, 1.82) is 0 Å². The average molecular weight is 907 g/mol. The summed E-state index contributed by atoms with van der Waals surface area (Å²) in [4.78, 5) is 4.72. The molecule has 1 spiro atoms. The molecule has 0 N–H and O–H groups in total. The molecule has 0 bridgehead atoms. The zero-order chi connectivity index (χ0) is 46.9. The van der Waals surface area contributed by atoms with Gasteiger partial charge in [-0.2, -0.15) is 0 Å². The average Bonchev–Trinajstić information content (AvgIpc) is 3.96. The van der Waals surface area contributed by atoms with Crippen LogP contribution in [0.1, 0.15) is 44.5 Å². The number of anilines is 6. The Labute approximate surface area is 413 Å². The van der Waals surface area contributed by atoms with Gasteiger partial charge in [0.25, 0.3) is 0 Å². The maximum atomic E-state index is 6.61. The van der Waals surface area contributed by atoms with E-state index in [1.54, 1.807) is 0 Å². The molecule has 12 aromatic rings. The van der Waals surface area contributed by atoms with Gasteiger partial charge in [-0.15, -0.1) is 0 Å². The molecule has 0 unspecified atom stereocenters. The van der Waals surface area contributed by atoms with Crippen molar-refractivity contribution in [1.82, 2.24) is 0 Å². The molecule has 0 radical (unpaired) electrons. The van der Waals surface area contributed by atoms with Crippen LogP contribution in [0, 0.1) is 0 Å². The zero-order valence-electron chi connectivity index (χ0n) is 38.9. The molecular weight excluding hydrogens is 861 g/mol. The Hall–Kier alpha value is -9.18. The van der Waals surface area contributed by atoms with Crippen LogP contribution in [-0.2, 0) is 10.8 Å². The van der Waals surface area contributed by atoms with E-state index in [1.807, 2.05) is 6.07 Å². The third kappa shape index (κ3) is 6.03. The molecule has 71 heavy (non-hydrogen) atoms. The van der Waals surface area contributed by atoms with E-state index in [-0.39, 0.29) is 0 Å². The van der Waals surface area contributed by atoms with E-state index in [0.29, 0.717) is 0 Å². The number of rotatable bonds is 8. The molecule has 334 valence electrons. The first-order chi connectivity index (χ1) is 35.2. The fourth-order valence-corrected chi connectivity index (χ4v) is 12.4. The Morgan fingerprint density at radius 1 is 0.239 bits per heavy atom. The third-order valence-corrected chi connectivity index (χ3v) is 15.2. The van der Waals surface area contributed by atoms with Gasteiger partial charge in [-0.05, 0) is 134 Å². The molecule has 11 aromatic carbocycles. The minimum Gasteiger partial charge on any atom is -0.456 e. The Balaban J connectivity index is 1.02. The van der Waals surface area contributed by atoms with Gasteiger partial charge in [-0.1, -0.05) is 194 Å². The summed E-state index contributed by atoms with van der Waals surface area (Å²) in [6.45, 7) is 0. The third-order valence-electron chi connectivity index (χ3n) is 15.2. The van der Waals surface area contributed by atoms with Crippen molar-refractivity contribution in [3.8, 4) is 11.1 Å². The quantitative estimate of drug-likeness (QED) is 0.151.